The zero-order valence-electron chi connectivity index (χ0n) is 11.1. The van der Waals surface area contributed by atoms with Crippen molar-refractivity contribution in [1.29, 1.82) is 5.26 Å². The Morgan fingerprint density at radius 1 is 1.32 bits per heavy atom. The molecule has 1 amide bonds. The predicted molar refractivity (Wildman–Crippen MR) is 75.6 cm³/mol. The van der Waals surface area contributed by atoms with Gasteiger partial charge in [-0.3, -0.25) is 4.79 Å². The highest BCUT2D eigenvalue weighted by Gasteiger charge is 2.21. The van der Waals surface area contributed by atoms with Crippen LogP contribution in [0.25, 0.3) is 0 Å². The number of unbranched alkanes of at least 4 members (excludes halogenated alkanes) is 2. The van der Waals surface area contributed by atoms with Crippen LogP contribution in [0.3, 0.4) is 0 Å². The number of benzene rings is 1. The Labute approximate surface area is 113 Å². The molecule has 0 saturated carbocycles. The third kappa shape index (κ3) is 3.25. The van der Waals surface area contributed by atoms with Crippen LogP contribution in [0.5, 0.6) is 0 Å². The summed E-state index contributed by atoms with van der Waals surface area (Å²) in [6.07, 6.45) is 4.63. The minimum absolute atomic E-state index is 0.181. The smallest absolute Gasteiger partial charge is 0.226 e. The number of carbonyl (C=O) groups excluding carboxylic acids is 1. The Balaban J connectivity index is 2.16. The Morgan fingerprint density at radius 3 is 2.95 bits per heavy atom. The Hall–Kier alpha value is -2.02. The molecule has 0 saturated heterocycles. The van der Waals surface area contributed by atoms with Crippen molar-refractivity contribution >= 4 is 17.3 Å². The van der Waals surface area contributed by atoms with E-state index in [0.717, 1.165) is 42.6 Å². The minimum atomic E-state index is 0.181. The molecule has 4 heteroatoms. The van der Waals surface area contributed by atoms with E-state index < -0.39 is 0 Å². The van der Waals surface area contributed by atoms with Gasteiger partial charge in [-0.25, -0.2) is 0 Å². The number of aryl methyl sites for hydroxylation is 1. The lowest BCUT2D eigenvalue weighted by Crippen LogP contribution is -2.31. The average Bonchev–Trinajstić information content (AvgIpc) is 2.54. The molecule has 19 heavy (non-hydrogen) atoms. The van der Waals surface area contributed by atoms with E-state index in [1.54, 1.807) is 0 Å². The van der Waals surface area contributed by atoms with E-state index in [-0.39, 0.29) is 5.91 Å². The normalized spacial score (nSPS) is 14.7. The third-order valence-corrected chi connectivity index (χ3v) is 3.45. The molecule has 1 aromatic carbocycles. The summed E-state index contributed by atoms with van der Waals surface area (Å²) in [5.74, 6) is 0.181. The molecule has 1 aliphatic heterocycles. The SMILES string of the molecule is N#CCCCCN1C(=O)CCCc2cc(N)ccc21. The maximum atomic E-state index is 12.2. The van der Waals surface area contributed by atoms with Crippen LogP contribution < -0.4 is 10.6 Å². The summed E-state index contributed by atoms with van der Waals surface area (Å²) < 4.78 is 0. The molecule has 0 bridgehead atoms. The lowest BCUT2D eigenvalue weighted by Gasteiger charge is -2.23. The molecule has 2 rings (SSSR count). The van der Waals surface area contributed by atoms with Crippen LogP contribution in [0, 0.1) is 11.3 Å². The van der Waals surface area contributed by atoms with E-state index in [1.165, 1.54) is 0 Å². The van der Waals surface area contributed by atoms with Crippen LogP contribution in [-0.2, 0) is 11.2 Å². The van der Waals surface area contributed by atoms with E-state index in [9.17, 15) is 4.79 Å². The maximum Gasteiger partial charge on any atom is 0.226 e. The second-order valence-corrected chi connectivity index (χ2v) is 4.90. The van der Waals surface area contributed by atoms with E-state index >= 15 is 0 Å². The van der Waals surface area contributed by atoms with E-state index in [0.29, 0.717) is 19.4 Å². The Kier molecular flexibility index (Phi) is 4.40. The van der Waals surface area contributed by atoms with Gasteiger partial charge >= 0.3 is 0 Å². The summed E-state index contributed by atoms with van der Waals surface area (Å²) in [5, 5.41) is 8.54. The zero-order chi connectivity index (χ0) is 13.7. The molecule has 0 aromatic heterocycles. The van der Waals surface area contributed by atoms with Crippen molar-refractivity contribution in [1.82, 2.24) is 0 Å². The van der Waals surface area contributed by atoms with Gasteiger partial charge in [-0.05, 0) is 49.4 Å². The third-order valence-electron chi connectivity index (χ3n) is 3.45. The first-order chi connectivity index (χ1) is 9.22. The van der Waals surface area contributed by atoms with Gasteiger partial charge in [0.1, 0.15) is 0 Å². The summed E-state index contributed by atoms with van der Waals surface area (Å²) >= 11 is 0. The van der Waals surface area contributed by atoms with Gasteiger partial charge in [-0.1, -0.05) is 0 Å². The van der Waals surface area contributed by atoms with Gasteiger partial charge in [0.05, 0.1) is 6.07 Å². The highest BCUT2D eigenvalue weighted by Crippen LogP contribution is 2.29. The number of rotatable bonds is 4. The highest BCUT2D eigenvalue weighted by molar-refractivity contribution is 5.95. The first kappa shape index (κ1) is 13.4. The van der Waals surface area contributed by atoms with Crippen molar-refractivity contribution in [3.05, 3.63) is 23.8 Å². The van der Waals surface area contributed by atoms with E-state index in [2.05, 4.69) is 6.07 Å². The summed E-state index contributed by atoms with van der Waals surface area (Å²) in [5.41, 5.74) is 8.71. The van der Waals surface area contributed by atoms with E-state index in [1.807, 2.05) is 23.1 Å². The topological polar surface area (TPSA) is 70.1 Å². The van der Waals surface area contributed by atoms with Crippen LogP contribution in [-0.4, -0.2) is 12.5 Å². The fourth-order valence-electron chi connectivity index (χ4n) is 2.49. The quantitative estimate of drug-likeness (QED) is 0.666. The molecule has 4 nitrogen and oxygen atoms in total. The number of nitrogens with two attached hydrogens (primary N) is 1. The van der Waals surface area contributed by atoms with Crippen molar-refractivity contribution in [3.8, 4) is 6.07 Å². The molecule has 100 valence electrons. The molecule has 2 N–H and O–H groups in total. The summed E-state index contributed by atoms with van der Waals surface area (Å²) in [6, 6.07) is 7.89. The second kappa shape index (κ2) is 6.24. The van der Waals surface area contributed by atoms with Crippen molar-refractivity contribution in [2.45, 2.75) is 38.5 Å². The molecule has 0 atom stereocenters. The largest absolute Gasteiger partial charge is 0.399 e. The first-order valence-electron chi connectivity index (χ1n) is 6.78. The molecule has 0 fully saturated rings. The van der Waals surface area contributed by atoms with E-state index in [4.69, 9.17) is 11.0 Å². The van der Waals surface area contributed by atoms with Gasteiger partial charge in [0.15, 0.2) is 0 Å². The van der Waals surface area contributed by atoms with Crippen LogP contribution in [0.2, 0.25) is 0 Å². The summed E-state index contributed by atoms with van der Waals surface area (Å²) in [6.45, 7) is 0.692. The fraction of sp³-hybridized carbons (Fsp3) is 0.467. The molecule has 0 unspecified atom stereocenters. The minimum Gasteiger partial charge on any atom is -0.399 e. The number of anilines is 2. The monoisotopic (exact) mass is 257 g/mol. The molecular formula is C15H19N3O. The zero-order valence-corrected chi connectivity index (χ0v) is 11.1. The molecule has 1 aromatic rings. The van der Waals surface area contributed by atoms with Gasteiger partial charge in [0, 0.05) is 30.8 Å². The summed E-state index contributed by atoms with van der Waals surface area (Å²) in [4.78, 5) is 14.0. The number of nitrogens with zero attached hydrogens (tertiary/aromatic N) is 2. The summed E-state index contributed by atoms with van der Waals surface area (Å²) in [7, 11) is 0. The lowest BCUT2D eigenvalue weighted by atomic mass is 10.1. The Bertz CT molecular complexity index is 505. The molecule has 0 spiro atoms. The van der Waals surface area contributed by atoms with Gasteiger partial charge < -0.3 is 10.6 Å². The molecule has 1 aliphatic rings. The highest BCUT2D eigenvalue weighted by atomic mass is 16.2. The van der Waals surface area contributed by atoms with Crippen molar-refractivity contribution in [2.24, 2.45) is 0 Å². The second-order valence-electron chi connectivity index (χ2n) is 4.90. The van der Waals surface area contributed by atoms with Crippen molar-refractivity contribution in [3.63, 3.8) is 0 Å². The predicted octanol–water partition coefficient (Wildman–Crippen LogP) is 2.63. The average molecular weight is 257 g/mol. The fourth-order valence-corrected chi connectivity index (χ4v) is 2.49. The number of nitrogen functional groups attached to an aromatic ring is 1. The van der Waals surface area contributed by atoms with Crippen LogP contribution >= 0.6 is 0 Å². The maximum absolute atomic E-state index is 12.2. The number of carbonyl (C=O) groups is 1. The van der Waals surface area contributed by atoms with Crippen LogP contribution in [0.1, 0.15) is 37.7 Å². The molecule has 1 heterocycles. The number of hydrogen-bond acceptors (Lipinski definition) is 3. The standard InChI is InChI=1S/C15H19N3O/c16-9-2-1-3-10-18-14-8-7-13(17)11-12(14)5-4-6-15(18)19/h7-8,11H,1-6,10,17H2. The van der Waals surface area contributed by atoms with Gasteiger partial charge in [0.25, 0.3) is 0 Å². The first-order valence-corrected chi connectivity index (χ1v) is 6.78. The van der Waals surface area contributed by atoms with Crippen molar-refractivity contribution < 1.29 is 4.79 Å². The van der Waals surface area contributed by atoms with Gasteiger partial charge in [-0.15, -0.1) is 0 Å². The molecule has 0 aliphatic carbocycles. The van der Waals surface area contributed by atoms with Crippen LogP contribution in [0.15, 0.2) is 18.2 Å². The number of amides is 1. The van der Waals surface area contributed by atoms with Gasteiger partial charge in [-0.2, -0.15) is 5.26 Å². The van der Waals surface area contributed by atoms with Gasteiger partial charge in [0.2, 0.25) is 5.91 Å². The number of hydrogen-bond donors (Lipinski definition) is 1. The number of nitriles is 1. The van der Waals surface area contributed by atoms with Crippen molar-refractivity contribution in [2.75, 3.05) is 17.2 Å². The molecule has 0 radical (unpaired) electrons. The van der Waals surface area contributed by atoms with Crippen LogP contribution in [0.4, 0.5) is 11.4 Å². The molecular weight excluding hydrogens is 238 g/mol. The lowest BCUT2D eigenvalue weighted by molar-refractivity contribution is -0.118. The Morgan fingerprint density at radius 2 is 2.16 bits per heavy atom. The number of fused-ring (bicyclic) bond motifs is 1.